The van der Waals surface area contributed by atoms with Gasteiger partial charge in [-0.25, -0.2) is 9.37 Å². The molecule has 1 saturated heterocycles. The molecule has 1 fully saturated rings. The molecule has 106 valence electrons. The molecule has 0 unspecified atom stereocenters. The summed E-state index contributed by atoms with van der Waals surface area (Å²) < 4.78 is 18.7. The van der Waals surface area contributed by atoms with E-state index in [0.29, 0.717) is 11.5 Å². The zero-order valence-corrected chi connectivity index (χ0v) is 11.7. The molecule has 1 aromatic heterocycles. The Balaban J connectivity index is 1.70. The summed E-state index contributed by atoms with van der Waals surface area (Å²) in [5.41, 5.74) is 1.60. The van der Waals surface area contributed by atoms with Crippen LogP contribution in [-0.4, -0.2) is 23.0 Å². The van der Waals surface area contributed by atoms with Crippen LogP contribution in [0.25, 0.3) is 11.5 Å². The lowest BCUT2D eigenvalue weighted by Crippen LogP contribution is -2.33. The van der Waals surface area contributed by atoms with Gasteiger partial charge in [0, 0.05) is 18.7 Å². The molecule has 0 amide bonds. The van der Waals surface area contributed by atoms with Crippen molar-refractivity contribution in [3.8, 4) is 11.5 Å². The Hall–Kier alpha value is -1.68. The lowest BCUT2D eigenvalue weighted by atomic mass is 10.0. The van der Waals surface area contributed by atoms with Gasteiger partial charge in [-0.3, -0.25) is 4.90 Å². The number of rotatable bonds is 3. The summed E-state index contributed by atoms with van der Waals surface area (Å²) in [6, 6.07) is 6.34. The first-order chi connectivity index (χ1) is 9.70. The molecule has 1 aliphatic heterocycles. The molecule has 3 nitrogen and oxygen atoms in total. The number of hydrogen-bond donors (Lipinski definition) is 0. The maximum absolute atomic E-state index is 13.2. The van der Waals surface area contributed by atoms with Gasteiger partial charge in [-0.1, -0.05) is 13.0 Å². The second kappa shape index (κ2) is 5.75. The average Bonchev–Trinajstić information content (AvgIpc) is 2.87. The molecule has 2 heterocycles. The maximum Gasteiger partial charge on any atom is 0.226 e. The molecule has 2 aromatic rings. The molecule has 1 atom stereocenters. The molecule has 20 heavy (non-hydrogen) atoms. The van der Waals surface area contributed by atoms with Crippen LogP contribution in [0.4, 0.5) is 4.39 Å². The molecule has 4 heteroatoms. The van der Waals surface area contributed by atoms with Crippen molar-refractivity contribution < 1.29 is 8.81 Å². The third-order valence-corrected chi connectivity index (χ3v) is 3.75. The van der Waals surface area contributed by atoms with Crippen molar-refractivity contribution >= 4 is 0 Å². The van der Waals surface area contributed by atoms with Gasteiger partial charge in [0.25, 0.3) is 0 Å². The third kappa shape index (κ3) is 3.07. The first-order valence-corrected chi connectivity index (χ1v) is 7.13. The van der Waals surface area contributed by atoms with E-state index in [4.69, 9.17) is 4.42 Å². The number of aromatic nitrogens is 1. The Kier molecular flexibility index (Phi) is 3.83. The first-order valence-electron chi connectivity index (χ1n) is 7.13. The van der Waals surface area contributed by atoms with Gasteiger partial charge in [0.1, 0.15) is 12.1 Å². The largest absolute Gasteiger partial charge is 0.444 e. The predicted octanol–water partition coefficient (Wildman–Crippen LogP) is 3.71. The van der Waals surface area contributed by atoms with E-state index in [9.17, 15) is 4.39 Å². The van der Waals surface area contributed by atoms with Gasteiger partial charge >= 0.3 is 0 Å². The molecule has 3 rings (SSSR count). The number of halogens is 1. The van der Waals surface area contributed by atoms with Crippen molar-refractivity contribution in [1.82, 2.24) is 9.88 Å². The minimum absolute atomic E-state index is 0.271. The van der Waals surface area contributed by atoms with Crippen LogP contribution in [0.5, 0.6) is 0 Å². The summed E-state index contributed by atoms with van der Waals surface area (Å²) in [7, 11) is 0. The smallest absolute Gasteiger partial charge is 0.226 e. The SMILES string of the molecule is C[C@@H]1CCCN(Cc2coc(-c3cccc(F)c3)n2)C1. The van der Waals surface area contributed by atoms with Gasteiger partial charge < -0.3 is 4.42 Å². The van der Waals surface area contributed by atoms with Gasteiger partial charge in [-0.05, 0) is 43.5 Å². The van der Waals surface area contributed by atoms with Crippen molar-refractivity contribution in [2.75, 3.05) is 13.1 Å². The Morgan fingerprint density at radius 3 is 3.15 bits per heavy atom. The fraction of sp³-hybridized carbons (Fsp3) is 0.438. The molecule has 0 bridgehead atoms. The summed E-state index contributed by atoms with van der Waals surface area (Å²) >= 11 is 0. The first kappa shape index (κ1) is 13.3. The highest BCUT2D eigenvalue weighted by Gasteiger charge is 2.18. The maximum atomic E-state index is 13.2. The fourth-order valence-corrected chi connectivity index (χ4v) is 2.79. The Bertz CT molecular complexity index is 581. The normalized spacial score (nSPS) is 20.2. The van der Waals surface area contributed by atoms with E-state index in [2.05, 4.69) is 16.8 Å². The van der Waals surface area contributed by atoms with Crippen molar-refractivity contribution in [2.45, 2.75) is 26.3 Å². The van der Waals surface area contributed by atoms with Crippen LogP contribution in [0, 0.1) is 11.7 Å². The number of oxazole rings is 1. The zero-order valence-electron chi connectivity index (χ0n) is 11.7. The molecular formula is C16H19FN2O. The monoisotopic (exact) mass is 274 g/mol. The lowest BCUT2D eigenvalue weighted by molar-refractivity contribution is 0.175. The van der Waals surface area contributed by atoms with E-state index in [1.165, 1.54) is 25.0 Å². The number of nitrogens with zero attached hydrogens (tertiary/aromatic N) is 2. The van der Waals surface area contributed by atoms with E-state index < -0.39 is 0 Å². The highest BCUT2D eigenvalue weighted by atomic mass is 19.1. The summed E-state index contributed by atoms with van der Waals surface area (Å²) in [6.07, 6.45) is 4.24. The highest BCUT2D eigenvalue weighted by Crippen LogP contribution is 2.22. The number of likely N-dealkylation sites (tertiary alicyclic amines) is 1. The van der Waals surface area contributed by atoms with Crippen LogP contribution < -0.4 is 0 Å². The van der Waals surface area contributed by atoms with E-state index in [1.807, 2.05) is 6.07 Å². The molecule has 0 saturated carbocycles. The van der Waals surface area contributed by atoms with Gasteiger partial charge in [0.2, 0.25) is 5.89 Å². The van der Waals surface area contributed by atoms with Crippen LogP contribution in [0.2, 0.25) is 0 Å². The molecule has 0 aliphatic carbocycles. The van der Waals surface area contributed by atoms with Crippen LogP contribution in [-0.2, 0) is 6.54 Å². The summed E-state index contributed by atoms with van der Waals surface area (Å²) in [5, 5.41) is 0. The minimum Gasteiger partial charge on any atom is -0.444 e. The lowest BCUT2D eigenvalue weighted by Gasteiger charge is -2.29. The van der Waals surface area contributed by atoms with E-state index in [0.717, 1.165) is 31.2 Å². The molecular weight excluding hydrogens is 255 g/mol. The highest BCUT2D eigenvalue weighted by molar-refractivity contribution is 5.52. The Morgan fingerprint density at radius 2 is 2.35 bits per heavy atom. The average molecular weight is 274 g/mol. The molecule has 0 N–H and O–H groups in total. The van der Waals surface area contributed by atoms with Crippen LogP contribution in [0.1, 0.15) is 25.5 Å². The Morgan fingerprint density at radius 1 is 1.45 bits per heavy atom. The van der Waals surface area contributed by atoms with Crippen LogP contribution in [0.3, 0.4) is 0 Å². The molecule has 1 aliphatic rings. The van der Waals surface area contributed by atoms with Crippen LogP contribution >= 0.6 is 0 Å². The van der Waals surface area contributed by atoms with E-state index >= 15 is 0 Å². The summed E-state index contributed by atoms with van der Waals surface area (Å²) in [4.78, 5) is 6.87. The summed E-state index contributed by atoms with van der Waals surface area (Å²) in [5.74, 6) is 0.968. The second-order valence-electron chi connectivity index (χ2n) is 5.64. The van der Waals surface area contributed by atoms with Crippen molar-refractivity contribution in [3.05, 3.63) is 42.0 Å². The van der Waals surface area contributed by atoms with Gasteiger partial charge in [0.15, 0.2) is 0 Å². The predicted molar refractivity (Wildman–Crippen MR) is 75.6 cm³/mol. The van der Waals surface area contributed by atoms with Crippen LogP contribution in [0.15, 0.2) is 34.9 Å². The molecule has 1 aromatic carbocycles. The number of benzene rings is 1. The van der Waals surface area contributed by atoms with E-state index in [1.54, 1.807) is 12.3 Å². The summed E-state index contributed by atoms with van der Waals surface area (Å²) in [6.45, 7) is 5.32. The minimum atomic E-state index is -0.271. The number of piperidine rings is 1. The van der Waals surface area contributed by atoms with Gasteiger partial charge in [0.05, 0.1) is 5.69 Å². The molecule has 0 spiro atoms. The molecule has 0 radical (unpaired) electrons. The fourth-order valence-electron chi connectivity index (χ4n) is 2.79. The third-order valence-electron chi connectivity index (χ3n) is 3.75. The quantitative estimate of drug-likeness (QED) is 0.854. The van der Waals surface area contributed by atoms with Crippen molar-refractivity contribution in [3.63, 3.8) is 0 Å². The van der Waals surface area contributed by atoms with Crippen molar-refractivity contribution in [2.24, 2.45) is 5.92 Å². The Labute approximate surface area is 118 Å². The van der Waals surface area contributed by atoms with E-state index in [-0.39, 0.29) is 5.82 Å². The zero-order chi connectivity index (χ0) is 13.9. The topological polar surface area (TPSA) is 29.3 Å². The van der Waals surface area contributed by atoms with Gasteiger partial charge in [-0.2, -0.15) is 0 Å². The van der Waals surface area contributed by atoms with Gasteiger partial charge in [-0.15, -0.1) is 0 Å². The second-order valence-corrected chi connectivity index (χ2v) is 5.64. The van der Waals surface area contributed by atoms with Crippen molar-refractivity contribution in [1.29, 1.82) is 0 Å². The standard InChI is InChI=1S/C16H19FN2O/c1-12-4-3-7-19(9-12)10-15-11-20-16(18-15)13-5-2-6-14(17)8-13/h2,5-6,8,11-12H,3-4,7,9-10H2,1H3/t12-/m1/s1. The number of hydrogen-bond acceptors (Lipinski definition) is 3.